The van der Waals surface area contributed by atoms with Gasteiger partial charge in [-0.2, -0.15) is 4.98 Å². The summed E-state index contributed by atoms with van der Waals surface area (Å²) in [5.74, 6) is -1.17. The number of nitrogens with zero attached hydrogens (tertiary/aromatic N) is 4. The number of imidazole rings is 1. The van der Waals surface area contributed by atoms with Gasteiger partial charge in [-0.1, -0.05) is 5.16 Å². The molecule has 2 aromatic heterocycles. The topological polar surface area (TPSA) is 73.8 Å². The molecular weight excluding hydrogens is 234 g/mol. The quantitative estimate of drug-likeness (QED) is 0.794. The van der Waals surface area contributed by atoms with E-state index in [9.17, 15) is 13.6 Å². The van der Waals surface area contributed by atoms with Gasteiger partial charge in [-0.15, -0.1) is 0 Å². The molecule has 2 aromatic rings. The Hall–Kier alpha value is -2.12. The average molecular weight is 242 g/mol. The molecule has 2 rings (SSSR count). The summed E-state index contributed by atoms with van der Waals surface area (Å²) in [5, 5.41) is 3.59. The summed E-state index contributed by atoms with van der Waals surface area (Å²) in [6.07, 6.45) is -0.552. The third-order valence-electron chi connectivity index (χ3n) is 2.08. The lowest BCUT2D eigenvalue weighted by Gasteiger charge is -1.93. The molecule has 0 N–H and O–H groups in total. The van der Waals surface area contributed by atoms with Crippen LogP contribution in [0.1, 0.15) is 5.89 Å². The van der Waals surface area contributed by atoms with Crippen LogP contribution in [0.25, 0.3) is 11.5 Å². The number of aryl methyl sites for hydroxylation is 1. The second-order valence-corrected chi connectivity index (χ2v) is 3.35. The van der Waals surface area contributed by atoms with Gasteiger partial charge in [0.05, 0.1) is 18.9 Å². The van der Waals surface area contributed by atoms with Crippen molar-refractivity contribution in [3.05, 3.63) is 18.4 Å². The molecule has 0 aromatic carbocycles. The van der Waals surface area contributed by atoms with Crippen molar-refractivity contribution in [3.63, 3.8) is 0 Å². The molecule has 8 heteroatoms. The maximum absolute atomic E-state index is 12.0. The molecule has 0 spiro atoms. The monoisotopic (exact) mass is 242 g/mol. The van der Waals surface area contributed by atoms with Crippen molar-refractivity contribution in [1.82, 2.24) is 19.7 Å². The van der Waals surface area contributed by atoms with Gasteiger partial charge in [0, 0.05) is 7.05 Å². The number of carbonyl (C=O) groups excluding carboxylic acids is 1. The van der Waals surface area contributed by atoms with Crippen molar-refractivity contribution >= 4 is 5.78 Å². The molecule has 0 atom stereocenters. The molecule has 0 aliphatic rings. The molecule has 90 valence electrons. The second-order valence-electron chi connectivity index (χ2n) is 3.35. The number of hydrogen-bond donors (Lipinski definition) is 0. The molecule has 0 saturated heterocycles. The van der Waals surface area contributed by atoms with E-state index < -0.39 is 18.6 Å². The number of ketones is 1. The number of Topliss-reactive ketones (excluding diaryl/α,β-unsaturated/α-hetero) is 1. The summed E-state index contributed by atoms with van der Waals surface area (Å²) in [6, 6.07) is 0. The predicted octanol–water partition coefficient (Wildman–Crippen LogP) is 0.847. The summed E-state index contributed by atoms with van der Waals surface area (Å²) in [5.41, 5.74) is 0.574. The van der Waals surface area contributed by atoms with Gasteiger partial charge in [-0.05, 0) is 0 Å². The van der Waals surface area contributed by atoms with Crippen molar-refractivity contribution < 1.29 is 18.1 Å². The zero-order valence-electron chi connectivity index (χ0n) is 8.80. The molecule has 0 fully saturated rings. The van der Waals surface area contributed by atoms with Crippen LogP contribution in [-0.4, -0.2) is 31.9 Å². The average Bonchev–Trinajstić information content (AvgIpc) is 2.86. The van der Waals surface area contributed by atoms with Crippen molar-refractivity contribution in [2.45, 2.75) is 12.8 Å². The number of carbonyl (C=O) groups is 1. The van der Waals surface area contributed by atoms with E-state index in [4.69, 9.17) is 4.52 Å². The van der Waals surface area contributed by atoms with Gasteiger partial charge in [0.25, 0.3) is 6.43 Å². The molecule has 0 aliphatic carbocycles. The summed E-state index contributed by atoms with van der Waals surface area (Å²) < 4.78 is 30.4. The SMILES string of the molecule is Cn1cncc1-c1noc(CC(=O)C(F)F)n1. The minimum absolute atomic E-state index is 0.133. The number of aromatic nitrogens is 4. The number of alkyl halides is 2. The molecular formula is C9H8F2N4O2. The lowest BCUT2D eigenvalue weighted by molar-refractivity contribution is -0.129. The highest BCUT2D eigenvalue weighted by Gasteiger charge is 2.20. The summed E-state index contributed by atoms with van der Waals surface area (Å²) in [4.78, 5) is 18.5. The molecule has 2 heterocycles. The number of hydrogen-bond acceptors (Lipinski definition) is 5. The van der Waals surface area contributed by atoms with Gasteiger partial charge in [-0.3, -0.25) is 4.79 Å². The van der Waals surface area contributed by atoms with Crippen LogP contribution in [0, 0.1) is 0 Å². The molecule has 0 radical (unpaired) electrons. The second kappa shape index (κ2) is 4.40. The maximum Gasteiger partial charge on any atom is 0.296 e. The summed E-state index contributed by atoms with van der Waals surface area (Å²) in [7, 11) is 1.72. The molecule has 0 aliphatic heterocycles. The summed E-state index contributed by atoms with van der Waals surface area (Å²) in [6.45, 7) is 0. The Morgan fingerprint density at radius 2 is 2.35 bits per heavy atom. The highest BCUT2D eigenvalue weighted by Crippen LogP contribution is 2.14. The van der Waals surface area contributed by atoms with Crippen LogP contribution in [0.15, 0.2) is 17.0 Å². The van der Waals surface area contributed by atoms with Gasteiger partial charge >= 0.3 is 0 Å². The predicted molar refractivity (Wildman–Crippen MR) is 51.2 cm³/mol. The van der Waals surface area contributed by atoms with Crippen molar-refractivity contribution in [2.75, 3.05) is 0 Å². The van der Waals surface area contributed by atoms with Crippen LogP contribution in [0.4, 0.5) is 8.78 Å². The zero-order chi connectivity index (χ0) is 12.4. The van der Waals surface area contributed by atoms with Crippen LogP contribution < -0.4 is 0 Å². The smallest absolute Gasteiger partial charge is 0.296 e. The molecule has 0 amide bonds. The summed E-state index contributed by atoms with van der Waals surface area (Å²) >= 11 is 0. The Balaban J connectivity index is 2.17. The van der Waals surface area contributed by atoms with E-state index in [-0.39, 0.29) is 11.7 Å². The van der Waals surface area contributed by atoms with Crippen LogP contribution >= 0.6 is 0 Å². The number of rotatable bonds is 4. The molecule has 0 bridgehead atoms. The van der Waals surface area contributed by atoms with E-state index in [1.807, 2.05) is 0 Å². The Morgan fingerprint density at radius 3 is 2.94 bits per heavy atom. The lowest BCUT2D eigenvalue weighted by Crippen LogP contribution is -2.12. The van der Waals surface area contributed by atoms with Crippen LogP contribution in [0.3, 0.4) is 0 Å². The van der Waals surface area contributed by atoms with E-state index in [2.05, 4.69) is 15.1 Å². The fourth-order valence-corrected chi connectivity index (χ4v) is 1.23. The van der Waals surface area contributed by atoms with Crippen molar-refractivity contribution in [1.29, 1.82) is 0 Å². The van der Waals surface area contributed by atoms with E-state index in [0.717, 1.165) is 0 Å². The van der Waals surface area contributed by atoms with Gasteiger partial charge in [-0.25, -0.2) is 13.8 Å². The minimum Gasteiger partial charge on any atom is -0.338 e. The first-order valence-corrected chi connectivity index (χ1v) is 4.68. The lowest BCUT2D eigenvalue weighted by atomic mass is 10.3. The van der Waals surface area contributed by atoms with Gasteiger partial charge in [0.1, 0.15) is 5.69 Å². The standard InChI is InChI=1S/C9H8F2N4O2/c1-15-4-12-3-5(15)9-13-7(17-14-9)2-6(16)8(10)11/h3-4,8H,2H2,1H3. The minimum atomic E-state index is -3.03. The largest absolute Gasteiger partial charge is 0.338 e. The first-order valence-electron chi connectivity index (χ1n) is 4.68. The third-order valence-corrected chi connectivity index (χ3v) is 2.08. The number of halogens is 2. The molecule has 6 nitrogen and oxygen atoms in total. The van der Waals surface area contributed by atoms with Crippen LogP contribution in [0.5, 0.6) is 0 Å². The van der Waals surface area contributed by atoms with Gasteiger partial charge in [0.2, 0.25) is 17.5 Å². The van der Waals surface area contributed by atoms with E-state index >= 15 is 0 Å². The highest BCUT2D eigenvalue weighted by atomic mass is 19.3. The van der Waals surface area contributed by atoms with Crippen LogP contribution in [-0.2, 0) is 18.3 Å². The zero-order valence-corrected chi connectivity index (χ0v) is 8.80. The first-order chi connectivity index (χ1) is 8.08. The Morgan fingerprint density at radius 1 is 1.59 bits per heavy atom. The Bertz CT molecular complexity index is 535. The fraction of sp³-hybridized carbons (Fsp3) is 0.333. The van der Waals surface area contributed by atoms with Gasteiger partial charge < -0.3 is 9.09 Å². The van der Waals surface area contributed by atoms with Crippen molar-refractivity contribution in [2.24, 2.45) is 7.05 Å². The van der Waals surface area contributed by atoms with E-state index in [1.54, 1.807) is 11.6 Å². The Kier molecular flexibility index (Phi) is 2.94. The third kappa shape index (κ3) is 2.35. The van der Waals surface area contributed by atoms with Crippen molar-refractivity contribution in [3.8, 4) is 11.5 Å². The Labute approximate surface area is 94.3 Å². The van der Waals surface area contributed by atoms with E-state index in [0.29, 0.717) is 5.69 Å². The van der Waals surface area contributed by atoms with Gasteiger partial charge in [0.15, 0.2) is 0 Å². The molecule has 17 heavy (non-hydrogen) atoms. The molecule has 0 saturated carbocycles. The molecule has 0 unspecified atom stereocenters. The fourth-order valence-electron chi connectivity index (χ4n) is 1.23. The normalized spacial score (nSPS) is 11.1. The maximum atomic E-state index is 12.0. The van der Waals surface area contributed by atoms with E-state index in [1.165, 1.54) is 12.5 Å². The van der Waals surface area contributed by atoms with Crippen LogP contribution in [0.2, 0.25) is 0 Å². The first kappa shape index (κ1) is 11.4. The highest BCUT2D eigenvalue weighted by molar-refractivity contribution is 5.82.